The maximum atomic E-state index is 13.2. The molecule has 3 amide bonds. The summed E-state index contributed by atoms with van der Waals surface area (Å²) >= 11 is 11.7. The van der Waals surface area contributed by atoms with Gasteiger partial charge in [0.05, 0.1) is 28.0 Å². The van der Waals surface area contributed by atoms with Crippen LogP contribution in [0, 0.1) is 0 Å². The Kier molecular flexibility index (Phi) is 6.37. The first-order valence-corrected chi connectivity index (χ1v) is 9.75. The van der Waals surface area contributed by atoms with E-state index in [-0.39, 0.29) is 27.8 Å². The van der Waals surface area contributed by atoms with Crippen LogP contribution in [0.3, 0.4) is 0 Å². The normalized spacial score (nSPS) is 15.8. The van der Waals surface area contributed by atoms with Crippen molar-refractivity contribution in [3.63, 3.8) is 0 Å². The number of nitrogens with zero attached hydrogens (tertiary/aromatic N) is 2. The van der Waals surface area contributed by atoms with E-state index in [1.807, 2.05) is 0 Å². The highest BCUT2D eigenvalue weighted by molar-refractivity contribution is 6.37. The highest BCUT2D eigenvalue weighted by atomic mass is 35.5. The van der Waals surface area contributed by atoms with Crippen molar-refractivity contribution in [3.05, 3.63) is 52.0 Å². The van der Waals surface area contributed by atoms with Crippen LogP contribution in [0.15, 0.2) is 36.4 Å². The Morgan fingerprint density at radius 2 is 1.71 bits per heavy atom. The van der Waals surface area contributed by atoms with E-state index >= 15 is 0 Å². The van der Waals surface area contributed by atoms with Gasteiger partial charge < -0.3 is 20.4 Å². The van der Waals surface area contributed by atoms with Crippen molar-refractivity contribution in [1.82, 2.24) is 5.32 Å². The summed E-state index contributed by atoms with van der Waals surface area (Å²) in [5.74, 6) is -3.50. The van der Waals surface area contributed by atoms with Gasteiger partial charge in [0.15, 0.2) is 5.75 Å². The van der Waals surface area contributed by atoms with Crippen LogP contribution in [0.1, 0.15) is 17.3 Å². The van der Waals surface area contributed by atoms with Gasteiger partial charge >= 0.3 is 5.97 Å². The first kappa shape index (κ1) is 22.4. The summed E-state index contributed by atoms with van der Waals surface area (Å²) in [6, 6.07) is 7.46. The zero-order chi connectivity index (χ0) is 22.9. The SMILES string of the molecule is CC(=O)N1CC(NC(=O)c2cc(Cl)c(O)c(Cl)c2)C(=O)N(CC(=O)O)c2ccccc21. The van der Waals surface area contributed by atoms with E-state index in [0.29, 0.717) is 5.69 Å². The van der Waals surface area contributed by atoms with Gasteiger partial charge in [0.1, 0.15) is 12.6 Å². The number of carbonyl (C=O) groups excluding carboxylic acids is 3. The van der Waals surface area contributed by atoms with Crippen LogP contribution in [0.2, 0.25) is 10.0 Å². The van der Waals surface area contributed by atoms with Crippen molar-refractivity contribution in [1.29, 1.82) is 0 Å². The third kappa shape index (κ3) is 4.57. The molecule has 1 aliphatic rings. The maximum absolute atomic E-state index is 13.2. The van der Waals surface area contributed by atoms with Gasteiger partial charge in [0.2, 0.25) is 5.91 Å². The number of phenolic OH excluding ortho intramolecular Hbond substituents is 1. The lowest BCUT2D eigenvalue weighted by molar-refractivity contribution is -0.136. The quantitative estimate of drug-likeness (QED) is 0.635. The van der Waals surface area contributed by atoms with E-state index in [9.17, 15) is 29.4 Å². The fourth-order valence-corrected chi connectivity index (χ4v) is 3.72. The number of anilines is 2. The van der Waals surface area contributed by atoms with Crippen LogP contribution >= 0.6 is 23.2 Å². The van der Waals surface area contributed by atoms with Gasteiger partial charge in [-0.1, -0.05) is 35.3 Å². The molecule has 0 saturated carbocycles. The van der Waals surface area contributed by atoms with Crippen LogP contribution in [-0.4, -0.2) is 53.0 Å². The predicted octanol–water partition coefficient (Wildman–Crippen LogP) is 2.28. The molecule has 3 N–H and O–H groups in total. The van der Waals surface area contributed by atoms with Crippen LogP contribution in [-0.2, 0) is 14.4 Å². The third-order valence-electron chi connectivity index (χ3n) is 4.65. The number of fused-ring (bicyclic) bond motifs is 1. The smallest absolute Gasteiger partial charge is 0.323 e. The van der Waals surface area contributed by atoms with Gasteiger partial charge in [0, 0.05) is 12.5 Å². The molecule has 31 heavy (non-hydrogen) atoms. The Bertz CT molecular complexity index is 1070. The lowest BCUT2D eigenvalue weighted by Crippen LogP contribution is -2.53. The summed E-state index contributed by atoms with van der Waals surface area (Å²) in [5.41, 5.74) is 0.552. The van der Waals surface area contributed by atoms with Crippen molar-refractivity contribution in [3.8, 4) is 5.75 Å². The predicted molar refractivity (Wildman–Crippen MR) is 114 cm³/mol. The maximum Gasteiger partial charge on any atom is 0.323 e. The number of carbonyl (C=O) groups is 4. The van der Waals surface area contributed by atoms with E-state index < -0.39 is 42.0 Å². The van der Waals surface area contributed by atoms with Gasteiger partial charge in [0.25, 0.3) is 11.8 Å². The minimum absolute atomic E-state index is 0.0264. The van der Waals surface area contributed by atoms with Crippen LogP contribution in [0.25, 0.3) is 0 Å². The monoisotopic (exact) mass is 465 g/mol. The number of halogens is 2. The third-order valence-corrected chi connectivity index (χ3v) is 5.23. The first-order valence-electron chi connectivity index (χ1n) is 8.99. The molecule has 0 spiro atoms. The number of para-hydroxylation sites is 2. The summed E-state index contributed by atoms with van der Waals surface area (Å²) in [5, 5.41) is 21.2. The van der Waals surface area contributed by atoms with E-state index in [4.69, 9.17) is 23.2 Å². The number of aliphatic carboxylic acids is 1. The lowest BCUT2D eigenvalue weighted by Gasteiger charge is -2.24. The number of nitrogens with one attached hydrogen (secondary N) is 1. The summed E-state index contributed by atoms with van der Waals surface area (Å²) in [6.45, 7) is 0.421. The number of carboxylic acids is 1. The molecule has 0 aromatic heterocycles. The van der Waals surface area contributed by atoms with E-state index in [0.717, 1.165) is 4.90 Å². The van der Waals surface area contributed by atoms with Gasteiger partial charge in [-0.25, -0.2) is 0 Å². The average Bonchev–Trinajstić information content (AvgIpc) is 2.82. The van der Waals surface area contributed by atoms with Crippen molar-refractivity contribution >= 4 is 58.3 Å². The number of aromatic hydroxyl groups is 1. The molecule has 0 bridgehead atoms. The van der Waals surface area contributed by atoms with Crippen molar-refractivity contribution in [2.75, 3.05) is 22.9 Å². The number of amides is 3. The fourth-order valence-electron chi connectivity index (χ4n) is 3.23. The molecule has 9 nitrogen and oxygen atoms in total. The molecular weight excluding hydrogens is 449 g/mol. The molecule has 0 radical (unpaired) electrons. The second kappa shape index (κ2) is 8.83. The molecule has 162 valence electrons. The fraction of sp³-hybridized carbons (Fsp3) is 0.200. The number of rotatable bonds is 4. The number of carboxylic acid groups (broad SMARTS) is 1. The summed E-state index contributed by atoms with van der Waals surface area (Å²) in [6.07, 6.45) is 0. The standard InChI is InChI=1S/C20H17Cl2N3O6/c1-10(26)24-8-14(23-19(30)11-6-12(21)18(29)13(22)7-11)20(31)25(9-17(27)28)16-5-3-2-4-15(16)24/h2-7,14,29H,8-9H2,1H3,(H,23,30)(H,27,28). The molecule has 0 saturated heterocycles. The minimum atomic E-state index is -1.26. The zero-order valence-corrected chi connectivity index (χ0v) is 17.6. The molecule has 1 atom stereocenters. The summed E-state index contributed by atoms with van der Waals surface area (Å²) in [7, 11) is 0. The molecule has 2 aromatic carbocycles. The topological polar surface area (TPSA) is 127 Å². The van der Waals surface area contributed by atoms with E-state index in [1.165, 1.54) is 30.0 Å². The van der Waals surface area contributed by atoms with Crippen molar-refractivity contribution in [2.45, 2.75) is 13.0 Å². The number of hydrogen-bond acceptors (Lipinski definition) is 5. The van der Waals surface area contributed by atoms with Gasteiger partial charge in [-0.2, -0.15) is 0 Å². The molecule has 0 aliphatic carbocycles. The Morgan fingerprint density at radius 3 is 2.26 bits per heavy atom. The molecule has 3 rings (SSSR count). The molecule has 1 heterocycles. The van der Waals surface area contributed by atoms with Gasteiger partial charge in [-0.3, -0.25) is 24.1 Å². The van der Waals surface area contributed by atoms with E-state index in [2.05, 4.69) is 5.32 Å². The number of hydrogen-bond donors (Lipinski definition) is 3. The zero-order valence-electron chi connectivity index (χ0n) is 16.1. The van der Waals surface area contributed by atoms with Gasteiger partial charge in [-0.05, 0) is 24.3 Å². The molecule has 1 aliphatic heterocycles. The number of benzene rings is 2. The minimum Gasteiger partial charge on any atom is -0.505 e. The average molecular weight is 466 g/mol. The Hall–Kier alpha value is -3.30. The van der Waals surface area contributed by atoms with Crippen molar-refractivity contribution in [2.24, 2.45) is 0 Å². The Balaban J connectivity index is 2.00. The van der Waals surface area contributed by atoms with Crippen LogP contribution in [0.5, 0.6) is 5.75 Å². The first-order chi connectivity index (χ1) is 14.6. The largest absolute Gasteiger partial charge is 0.505 e. The summed E-state index contributed by atoms with van der Waals surface area (Å²) < 4.78 is 0. The molecule has 1 unspecified atom stereocenters. The molecule has 2 aromatic rings. The van der Waals surface area contributed by atoms with Gasteiger partial charge in [-0.15, -0.1) is 0 Å². The lowest BCUT2D eigenvalue weighted by atomic mass is 10.1. The van der Waals surface area contributed by atoms with E-state index in [1.54, 1.807) is 18.2 Å². The highest BCUT2D eigenvalue weighted by Crippen LogP contribution is 2.34. The Labute approximate surface area is 186 Å². The second-order valence-electron chi connectivity index (χ2n) is 6.75. The molecule has 11 heteroatoms. The molecular formula is C20H17Cl2N3O6. The van der Waals surface area contributed by atoms with Crippen molar-refractivity contribution < 1.29 is 29.4 Å². The van der Waals surface area contributed by atoms with Crippen LogP contribution in [0.4, 0.5) is 11.4 Å². The second-order valence-corrected chi connectivity index (χ2v) is 7.57. The Morgan fingerprint density at radius 1 is 1.13 bits per heavy atom. The van der Waals surface area contributed by atoms with Crippen LogP contribution < -0.4 is 15.1 Å². The summed E-state index contributed by atoms with van der Waals surface area (Å²) in [4.78, 5) is 51.9. The number of phenols is 1. The highest BCUT2D eigenvalue weighted by Gasteiger charge is 2.37. The molecule has 0 fully saturated rings.